The Morgan fingerprint density at radius 2 is 1.97 bits per heavy atom. The van der Waals surface area contributed by atoms with E-state index in [1.807, 2.05) is 35.7 Å². The zero-order chi connectivity index (χ0) is 21.8. The number of benzene rings is 1. The van der Waals surface area contributed by atoms with Gasteiger partial charge >= 0.3 is 5.97 Å². The molecule has 0 saturated heterocycles. The summed E-state index contributed by atoms with van der Waals surface area (Å²) in [7, 11) is -1.23. The average molecular weight is 471 g/mol. The van der Waals surface area contributed by atoms with E-state index in [4.69, 9.17) is 15.5 Å². The molecule has 1 atom stereocenters. The van der Waals surface area contributed by atoms with Crippen LogP contribution in [0.3, 0.4) is 0 Å². The topological polar surface area (TPSA) is 82.3 Å². The summed E-state index contributed by atoms with van der Waals surface area (Å²) in [5, 5.41) is 2.89. The second-order valence-corrected chi connectivity index (χ2v) is 10.7. The lowest BCUT2D eigenvalue weighted by Gasteiger charge is -2.08. The van der Waals surface area contributed by atoms with Crippen molar-refractivity contribution in [3.63, 3.8) is 0 Å². The number of aromatic nitrogens is 1. The predicted molar refractivity (Wildman–Crippen MR) is 130 cm³/mol. The summed E-state index contributed by atoms with van der Waals surface area (Å²) in [6.45, 7) is 1.73. The van der Waals surface area contributed by atoms with Gasteiger partial charge < -0.3 is 10.5 Å². The van der Waals surface area contributed by atoms with Crippen LogP contribution in [-0.2, 0) is 20.3 Å². The highest BCUT2D eigenvalue weighted by molar-refractivity contribution is 7.87. The Balaban J connectivity index is 1.70. The summed E-state index contributed by atoms with van der Waals surface area (Å²) in [5.74, 6) is 0.174. The molecule has 160 valence electrons. The molecule has 0 bridgehead atoms. The molecule has 4 aromatic rings. The Kier molecular flexibility index (Phi) is 6.80. The number of esters is 1. The van der Waals surface area contributed by atoms with Crippen molar-refractivity contribution in [3.8, 4) is 21.7 Å². The van der Waals surface area contributed by atoms with Crippen LogP contribution < -0.4 is 5.73 Å². The van der Waals surface area contributed by atoms with E-state index >= 15 is 0 Å². The number of ether oxygens (including phenoxy) is 1. The Morgan fingerprint density at radius 1 is 1.16 bits per heavy atom. The molecule has 0 radical (unpaired) electrons. The van der Waals surface area contributed by atoms with Crippen LogP contribution in [0.1, 0.15) is 19.8 Å². The van der Waals surface area contributed by atoms with Crippen molar-refractivity contribution in [1.82, 2.24) is 4.98 Å². The molecule has 0 amide bonds. The molecule has 0 aliphatic heterocycles. The van der Waals surface area contributed by atoms with Crippen LogP contribution in [-0.4, -0.2) is 27.5 Å². The molecule has 31 heavy (non-hydrogen) atoms. The Hall–Kier alpha value is -2.55. The molecule has 0 aliphatic carbocycles. The van der Waals surface area contributed by atoms with E-state index < -0.39 is 10.8 Å². The van der Waals surface area contributed by atoms with Gasteiger partial charge in [-0.3, -0.25) is 9.00 Å². The van der Waals surface area contributed by atoms with E-state index in [1.54, 1.807) is 11.3 Å². The summed E-state index contributed by atoms with van der Waals surface area (Å²) in [6.07, 6.45) is 1.36. The minimum Gasteiger partial charge on any atom is -0.466 e. The molecular formula is C23H22N2O3S3. The largest absolute Gasteiger partial charge is 0.466 e. The Labute approximate surface area is 191 Å². The smallest absolute Gasteiger partial charge is 0.302 e. The van der Waals surface area contributed by atoms with Crippen molar-refractivity contribution < 1.29 is 13.7 Å². The zero-order valence-corrected chi connectivity index (χ0v) is 19.4. The van der Waals surface area contributed by atoms with Gasteiger partial charge in [-0.2, -0.15) is 0 Å². The normalized spacial score (nSPS) is 12.2. The van der Waals surface area contributed by atoms with E-state index in [0.29, 0.717) is 35.1 Å². The van der Waals surface area contributed by atoms with E-state index in [0.717, 1.165) is 31.9 Å². The molecule has 1 aromatic carbocycles. The molecule has 5 nitrogen and oxygen atoms in total. The zero-order valence-electron chi connectivity index (χ0n) is 17.0. The van der Waals surface area contributed by atoms with Crippen LogP contribution in [0.25, 0.3) is 31.9 Å². The summed E-state index contributed by atoms with van der Waals surface area (Å²) < 4.78 is 18.6. The highest BCUT2D eigenvalue weighted by Gasteiger charge is 2.21. The number of anilines is 1. The van der Waals surface area contributed by atoms with Gasteiger partial charge in [-0.25, -0.2) is 4.98 Å². The van der Waals surface area contributed by atoms with Gasteiger partial charge in [0.2, 0.25) is 0 Å². The average Bonchev–Trinajstić information content (AvgIpc) is 3.42. The van der Waals surface area contributed by atoms with Crippen LogP contribution in [0.2, 0.25) is 0 Å². The molecule has 3 aromatic heterocycles. The number of nitrogens with two attached hydrogens (primary N) is 1. The highest BCUT2D eigenvalue weighted by atomic mass is 32.2. The van der Waals surface area contributed by atoms with Crippen molar-refractivity contribution in [2.45, 2.75) is 24.0 Å². The standard InChI is InChI=1S/C23H22N2O3S3/c1-15(26)28-11-5-6-13-31(27)23-21(24)20-17(16-8-3-2-4-9-16)14-18(25-22(20)30-23)19-10-7-12-29-19/h2-4,7-10,12,14H,5-6,11,13,24H2,1H3. The minimum absolute atomic E-state index is 0.295. The van der Waals surface area contributed by atoms with Gasteiger partial charge in [-0.1, -0.05) is 36.4 Å². The number of carbonyl (C=O) groups is 1. The third kappa shape index (κ3) is 4.87. The number of hydrogen-bond acceptors (Lipinski definition) is 7. The van der Waals surface area contributed by atoms with E-state index in [1.165, 1.54) is 18.3 Å². The molecule has 0 spiro atoms. The van der Waals surface area contributed by atoms with Crippen LogP contribution in [0.4, 0.5) is 5.69 Å². The summed E-state index contributed by atoms with van der Waals surface area (Å²) in [6, 6.07) is 16.2. The van der Waals surface area contributed by atoms with Crippen molar-refractivity contribution in [3.05, 3.63) is 53.9 Å². The molecular weight excluding hydrogens is 448 g/mol. The molecule has 0 aliphatic rings. The SMILES string of the molecule is CC(=O)OCCCCS(=O)c1sc2nc(-c3cccs3)cc(-c3ccccc3)c2c1N. The first-order valence-corrected chi connectivity index (χ1v) is 12.9. The predicted octanol–water partition coefficient (Wildman–Crippen LogP) is 5.72. The fraction of sp³-hybridized carbons (Fsp3) is 0.217. The number of hydrogen-bond donors (Lipinski definition) is 1. The first kappa shape index (κ1) is 21.7. The number of nitrogens with zero attached hydrogens (tertiary/aromatic N) is 1. The molecule has 3 heterocycles. The molecule has 8 heteroatoms. The first-order chi connectivity index (χ1) is 15.0. The van der Waals surface area contributed by atoms with Gasteiger partial charge in [0.05, 0.1) is 33.7 Å². The number of fused-ring (bicyclic) bond motifs is 1. The van der Waals surface area contributed by atoms with Gasteiger partial charge in [0.25, 0.3) is 0 Å². The van der Waals surface area contributed by atoms with Crippen LogP contribution in [0.5, 0.6) is 0 Å². The lowest BCUT2D eigenvalue weighted by Crippen LogP contribution is -2.04. The Morgan fingerprint density at radius 3 is 2.68 bits per heavy atom. The van der Waals surface area contributed by atoms with E-state index in [2.05, 4.69) is 18.2 Å². The van der Waals surface area contributed by atoms with Gasteiger partial charge in [0.15, 0.2) is 0 Å². The third-order valence-corrected chi connectivity index (χ3v) is 8.65. The lowest BCUT2D eigenvalue weighted by molar-refractivity contribution is -0.141. The molecule has 0 saturated carbocycles. The summed E-state index contributed by atoms with van der Waals surface area (Å²) in [5.41, 5.74) is 10.0. The molecule has 2 N–H and O–H groups in total. The van der Waals surface area contributed by atoms with Crippen LogP contribution in [0.15, 0.2) is 58.1 Å². The van der Waals surface area contributed by atoms with Gasteiger partial charge in [-0.05, 0) is 41.5 Å². The van der Waals surface area contributed by atoms with Crippen molar-refractivity contribution in [2.24, 2.45) is 0 Å². The number of unbranched alkanes of at least 4 members (excludes halogenated alkanes) is 1. The van der Waals surface area contributed by atoms with E-state index in [9.17, 15) is 9.00 Å². The quantitative estimate of drug-likeness (QED) is 0.263. The minimum atomic E-state index is -1.23. The van der Waals surface area contributed by atoms with Gasteiger partial charge in [0, 0.05) is 18.1 Å². The summed E-state index contributed by atoms with van der Waals surface area (Å²) in [4.78, 5) is 17.6. The Bertz CT molecular complexity index is 1220. The fourth-order valence-corrected chi connectivity index (χ4v) is 6.71. The molecule has 0 fully saturated rings. The van der Waals surface area contributed by atoms with Gasteiger partial charge in [0.1, 0.15) is 9.04 Å². The number of carbonyl (C=O) groups excluding carboxylic acids is 1. The van der Waals surface area contributed by atoms with Crippen molar-refractivity contribution in [1.29, 1.82) is 0 Å². The number of rotatable bonds is 8. The maximum absolute atomic E-state index is 13.0. The number of thiophene rings is 2. The maximum atomic E-state index is 13.0. The van der Waals surface area contributed by atoms with Gasteiger partial charge in [-0.15, -0.1) is 22.7 Å². The van der Waals surface area contributed by atoms with Crippen LogP contribution in [0, 0.1) is 0 Å². The van der Waals surface area contributed by atoms with E-state index in [-0.39, 0.29) is 5.97 Å². The van der Waals surface area contributed by atoms with Crippen molar-refractivity contribution in [2.75, 3.05) is 18.1 Å². The second kappa shape index (κ2) is 9.72. The van der Waals surface area contributed by atoms with Crippen LogP contribution >= 0.6 is 22.7 Å². The molecule has 1 unspecified atom stereocenters. The monoisotopic (exact) mass is 470 g/mol. The van der Waals surface area contributed by atoms with Crippen molar-refractivity contribution >= 4 is 55.3 Å². The maximum Gasteiger partial charge on any atom is 0.302 e. The number of pyridine rings is 1. The third-order valence-electron chi connectivity index (χ3n) is 4.76. The molecule has 4 rings (SSSR count). The number of nitrogen functional groups attached to an aromatic ring is 1. The fourth-order valence-electron chi connectivity index (χ4n) is 3.31. The highest BCUT2D eigenvalue weighted by Crippen LogP contribution is 2.43. The lowest BCUT2D eigenvalue weighted by atomic mass is 10.0. The first-order valence-electron chi connectivity index (χ1n) is 9.88. The second-order valence-electron chi connectivity index (χ2n) is 6.98. The summed E-state index contributed by atoms with van der Waals surface area (Å²) >= 11 is 3.04.